The lowest BCUT2D eigenvalue weighted by atomic mass is 10.1. The molecule has 0 bridgehead atoms. The lowest BCUT2D eigenvalue weighted by Gasteiger charge is -2.27. The van der Waals surface area contributed by atoms with Crippen molar-refractivity contribution >= 4 is 12.1 Å². The van der Waals surface area contributed by atoms with Crippen LogP contribution in [0.2, 0.25) is 0 Å². The van der Waals surface area contributed by atoms with Crippen LogP contribution in [0.25, 0.3) is 0 Å². The van der Waals surface area contributed by atoms with E-state index in [2.05, 4.69) is 31.6 Å². The van der Waals surface area contributed by atoms with Crippen LogP contribution in [0.4, 0.5) is 0 Å². The standard InChI is InChI=1S/C11H21N2O2/c1-11(2,3)13-7-5-12(6-8-13)10(14)9-15-4/h7H,5-6,8-9H2,1-4H3/q+1. The van der Waals surface area contributed by atoms with Crippen molar-refractivity contribution in [3.8, 4) is 0 Å². The van der Waals surface area contributed by atoms with Crippen molar-refractivity contribution in [2.45, 2.75) is 26.3 Å². The summed E-state index contributed by atoms with van der Waals surface area (Å²) in [5.41, 5.74) is 0.149. The number of nitrogens with zero attached hydrogens (tertiary/aromatic N) is 2. The number of methoxy groups -OCH3 is 1. The molecule has 0 aromatic carbocycles. The second kappa shape index (κ2) is 4.75. The van der Waals surface area contributed by atoms with Gasteiger partial charge in [0.2, 0.25) is 5.91 Å². The fourth-order valence-electron chi connectivity index (χ4n) is 1.66. The van der Waals surface area contributed by atoms with Gasteiger partial charge in [-0.3, -0.25) is 4.79 Å². The van der Waals surface area contributed by atoms with Gasteiger partial charge >= 0.3 is 0 Å². The first-order valence-corrected chi connectivity index (χ1v) is 5.32. The fourth-order valence-corrected chi connectivity index (χ4v) is 1.66. The zero-order valence-electron chi connectivity index (χ0n) is 10.1. The van der Waals surface area contributed by atoms with E-state index in [9.17, 15) is 4.79 Å². The Morgan fingerprint density at radius 3 is 2.60 bits per heavy atom. The predicted octanol–water partition coefficient (Wildman–Crippen LogP) is 0.357. The third-order valence-electron chi connectivity index (χ3n) is 2.62. The molecule has 1 aliphatic heterocycles. The molecule has 0 radical (unpaired) electrons. The molecule has 4 nitrogen and oxygen atoms in total. The first-order valence-electron chi connectivity index (χ1n) is 5.32. The van der Waals surface area contributed by atoms with Crippen LogP contribution in [0.5, 0.6) is 0 Å². The maximum atomic E-state index is 11.5. The highest BCUT2D eigenvalue weighted by Crippen LogP contribution is 2.08. The van der Waals surface area contributed by atoms with Crippen molar-refractivity contribution in [3.63, 3.8) is 0 Å². The molecule has 0 aromatic heterocycles. The van der Waals surface area contributed by atoms with Gasteiger partial charge in [0.15, 0.2) is 18.3 Å². The molecule has 0 unspecified atom stereocenters. The van der Waals surface area contributed by atoms with Crippen LogP contribution in [-0.4, -0.2) is 60.5 Å². The first kappa shape index (κ1) is 12.2. The normalized spacial score (nSPS) is 17.6. The summed E-state index contributed by atoms with van der Waals surface area (Å²) in [6.07, 6.45) is 2.09. The van der Waals surface area contributed by atoms with Crippen molar-refractivity contribution < 1.29 is 14.1 Å². The van der Waals surface area contributed by atoms with Crippen LogP contribution < -0.4 is 0 Å². The van der Waals surface area contributed by atoms with Crippen LogP contribution >= 0.6 is 0 Å². The number of rotatable bonds is 2. The van der Waals surface area contributed by atoms with Crippen molar-refractivity contribution in [1.82, 2.24) is 4.90 Å². The van der Waals surface area contributed by atoms with Crippen molar-refractivity contribution in [1.29, 1.82) is 0 Å². The zero-order valence-corrected chi connectivity index (χ0v) is 10.1. The maximum absolute atomic E-state index is 11.5. The molecule has 1 rings (SSSR count). The van der Waals surface area contributed by atoms with Crippen LogP contribution in [0.1, 0.15) is 20.8 Å². The Morgan fingerprint density at radius 1 is 1.53 bits per heavy atom. The Hall–Kier alpha value is -0.900. The summed E-state index contributed by atoms with van der Waals surface area (Å²) in [5.74, 6) is 0.0716. The molecular formula is C11H21N2O2+. The Bertz CT molecular complexity index is 266. The predicted molar refractivity (Wildman–Crippen MR) is 59.4 cm³/mol. The minimum Gasteiger partial charge on any atom is -0.375 e. The average Bonchev–Trinajstić information content (AvgIpc) is 2.17. The van der Waals surface area contributed by atoms with E-state index in [0.29, 0.717) is 6.54 Å². The van der Waals surface area contributed by atoms with Crippen LogP contribution in [0.3, 0.4) is 0 Å². The second-order valence-corrected chi connectivity index (χ2v) is 4.82. The Labute approximate surface area is 91.5 Å². The summed E-state index contributed by atoms with van der Waals surface area (Å²) < 4.78 is 7.11. The molecular weight excluding hydrogens is 192 g/mol. The van der Waals surface area contributed by atoms with Gasteiger partial charge in [0, 0.05) is 7.11 Å². The van der Waals surface area contributed by atoms with E-state index >= 15 is 0 Å². The maximum Gasteiger partial charge on any atom is 0.249 e. The molecule has 86 valence electrons. The van der Waals surface area contributed by atoms with Crippen molar-refractivity contribution in [2.24, 2.45) is 0 Å². The smallest absolute Gasteiger partial charge is 0.249 e. The van der Waals surface area contributed by atoms with Crippen LogP contribution in [-0.2, 0) is 9.53 Å². The number of ether oxygens (including phenoxy) is 1. The number of hydrogen-bond acceptors (Lipinski definition) is 2. The van der Waals surface area contributed by atoms with Crippen molar-refractivity contribution in [2.75, 3.05) is 33.4 Å². The summed E-state index contributed by atoms with van der Waals surface area (Å²) in [6, 6.07) is 0. The van der Waals surface area contributed by atoms with Gasteiger partial charge in [-0.25, -0.2) is 4.58 Å². The van der Waals surface area contributed by atoms with Gasteiger partial charge in [0.05, 0.1) is 13.1 Å². The number of carbonyl (C=O) groups is 1. The number of hydrogen-bond donors (Lipinski definition) is 0. The van der Waals surface area contributed by atoms with Gasteiger partial charge in [-0.2, -0.15) is 0 Å². The molecule has 1 heterocycles. The highest BCUT2D eigenvalue weighted by Gasteiger charge is 2.28. The molecule has 15 heavy (non-hydrogen) atoms. The largest absolute Gasteiger partial charge is 0.375 e. The van der Waals surface area contributed by atoms with Crippen molar-refractivity contribution in [3.05, 3.63) is 0 Å². The Morgan fingerprint density at radius 2 is 2.20 bits per heavy atom. The molecule has 0 saturated heterocycles. The molecule has 0 spiro atoms. The molecule has 1 aliphatic rings. The van der Waals surface area contributed by atoms with Gasteiger partial charge in [-0.05, 0) is 20.8 Å². The van der Waals surface area contributed by atoms with Gasteiger partial charge in [-0.1, -0.05) is 0 Å². The molecule has 0 fully saturated rings. The van der Waals surface area contributed by atoms with E-state index in [1.807, 2.05) is 4.90 Å². The van der Waals surface area contributed by atoms with Gasteiger partial charge < -0.3 is 9.64 Å². The summed E-state index contributed by atoms with van der Waals surface area (Å²) in [4.78, 5) is 13.3. The summed E-state index contributed by atoms with van der Waals surface area (Å²) in [6.45, 7) is 9.10. The van der Waals surface area contributed by atoms with E-state index in [1.165, 1.54) is 0 Å². The van der Waals surface area contributed by atoms with Gasteiger partial charge in [-0.15, -0.1) is 0 Å². The first-order chi connectivity index (χ1) is 6.95. The van der Waals surface area contributed by atoms with Gasteiger partial charge in [0.1, 0.15) is 6.61 Å². The monoisotopic (exact) mass is 213 g/mol. The topological polar surface area (TPSA) is 32.5 Å². The van der Waals surface area contributed by atoms with Crippen LogP contribution in [0, 0.1) is 0 Å². The highest BCUT2D eigenvalue weighted by molar-refractivity contribution is 5.80. The molecule has 1 amide bonds. The van der Waals surface area contributed by atoms with Gasteiger partial charge in [0.25, 0.3) is 0 Å². The Kier molecular flexibility index (Phi) is 3.85. The summed E-state index contributed by atoms with van der Waals surface area (Å²) >= 11 is 0. The van der Waals surface area contributed by atoms with E-state index < -0.39 is 0 Å². The second-order valence-electron chi connectivity index (χ2n) is 4.82. The lowest BCUT2D eigenvalue weighted by molar-refractivity contribution is -0.596. The summed E-state index contributed by atoms with van der Waals surface area (Å²) in [7, 11) is 1.55. The van der Waals surface area contributed by atoms with E-state index in [-0.39, 0.29) is 18.1 Å². The molecule has 0 aliphatic carbocycles. The zero-order chi connectivity index (χ0) is 11.5. The highest BCUT2D eigenvalue weighted by atomic mass is 16.5. The minimum atomic E-state index is 0.0716. The van der Waals surface area contributed by atoms with Crippen LogP contribution in [0.15, 0.2) is 0 Å². The average molecular weight is 213 g/mol. The third-order valence-corrected chi connectivity index (χ3v) is 2.62. The SMILES string of the molecule is COCC(=O)N1CC=[N+](C(C)(C)C)CC1. The number of amides is 1. The number of carbonyl (C=O) groups excluding carboxylic acids is 1. The van der Waals surface area contributed by atoms with E-state index in [1.54, 1.807) is 7.11 Å². The molecule has 0 saturated carbocycles. The Balaban J connectivity index is 2.54. The lowest BCUT2D eigenvalue weighted by Crippen LogP contribution is -2.49. The molecule has 0 N–H and O–H groups in total. The van der Waals surface area contributed by atoms with E-state index in [0.717, 1.165) is 13.1 Å². The molecule has 0 aromatic rings. The summed E-state index contributed by atoms with van der Waals surface area (Å²) in [5, 5.41) is 0. The fraction of sp³-hybridized carbons (Fsp3) is 0.818. The molecule has 4 heteroatoms. The van der Waals surface area contributed by atoms with E-state index in [4.69, 9.17) is 4.74 Å². The minimum absolute atomic E-state index is 0.0716. The molecule has 0 atom stereocenters. The third kappa shape index (κ3) is 3.30. The quantitative estimate of drug-likeness (QED) is 0.620.